The van der Waals surface area contributed by atoms with Crippen LogP contribution in [0.5, 0.6) is 0 Å². The smallest absolute Gasteiger partial charge is 0.00527 e. The van der Waals surface area contributed by atoms with Gasteiger partial charge in [-0.05, 0) is 49.0 Å². The Morgan fingerprint density at radius 2 is 1.88 bits per heavy atom. The molecule has 92 valence electrons. The molecule has 0 heteroatoms. The fourth-order valence-electron chi connectivity index (χ4n) is 2.97. The summed E-state index contributed by atoms with van der Waals surface area (Å²) in [4.78, 5) is 0. The van der Waals surface area contributed by atoms with Gasteiger partial charge in [0.15, 0.2) is 0 Å². The van der Waals surface area contributed by atoms with Gasteiger partial charge in [0.2, 0.25) is 0 Å². The second-order valence-electron chi connectivity index (χ2n) is 5.38. The minimum Gasteiger partial charge on any atom is -0.0839 e. The van der Waals surface area contributed by atoms with Crippen LogP contribution in [-0.2, 0) is 0 Å². The normalized spacial score (nSPS) is 28.6. The summed E-state index contributed by atoms with van der Waals surface area (Å²) in [7, 11) is 0. The van der Waals surface area contributed by atoms with Crippen LogP contribution in [0.2, 0.25) is 0 Å². The monoisotopic (exact) mass is 220 g/mol. The molecule has 0 aliphatic heterocycles. The van der Waals surface area contributed by atoms with Gasteiger partial charge in [-0.3, -0.25) is 0 Å². The second kappa shape index (κ2) is 5.70. The largest absolute Gasteiger partial charge is 0.0839 e. The van der Waals surface area contributed by atoms with Gasteiger partial charge in [-0.2, -0.15) is 0 Å². The van der Waals surface area contributed by atoms with Crippen molar-refractivity contribution in [1.29, 1.82) is 0 Å². The zero-order valence-electron chi connectivity index (χ0n) is 11.8. The van der Waals surface area contributed by atoms with Gasteiger partial charge in [0.05, 0.1) is 0 Å². The first-order valence-corrected chi connectivity index (χ1v) is 7.03. The zero-order chi connectivity index (χ0) is 12.2. The summed E-state index contributed by atoms with van der Waals surface area (Å²) in [6.45, 7) is 11.2. The Bertz CT molecular complexity index is 280. The van der Waals surface area contributed by atoms with E-state index in [4.69, 9.17) is 0 Å². The third kappa shape index (κ3) is 2.42. The molecule has 16 heavy (non-hydrogen) atoms. The molecule has 0 aromatic heterocycles. The van der Waals surface area contributed by atoms with Crippen LogP contribution in [0.4, 0.5) is 0 Å². The first-order valence-electron chi connectivity index (χ1n) is 7.03. The maximum absolute atomic E-state index is 2.46. The van der Waals surface area contributed by atoms with Gasteiger partial charge in [0, 0.05) is 0 Å². The quantitative estimate of drug-likeness (QED) is 0.547. The lowest BCUT2D eigenvalue weighted by molar-refractivity contribution is 0.237. The number of allylic oxidation sites excluding steroid dienone is 4. The van der Waals surface area contributed by atoms with Crippen molar-refractivity contribution in [3.63, 3.8) is 0 Å². The molecule has 2 aliphatic carbocycles. The predicted octanol–water partition coefficient (Wildman–Crippen LogP) is 5.51. The fraction of sp³-hybridized carbons (Fsp3) is 0.750. The minimum atomic E-state index is 0.463. The van der Waals surface area contributed by atoms with Crippen LogP contribution in [-0.4, -0.2) is 0 Å². The fourth-order valence-corrected chi connectivity index (χ4v) is 2.97. The Kier molecular flexibility index (Phi) is 4.83. The van der Waals surface area contributed by atoms with E-state index >= 15 is 0 Å². The Hall–Kier alpha value is -0.520. The first kappa shape index (κ1) is 13.5. The van der Waals surface area contributed by atoms with Gasteiger partial charge < -0.3 is 0 Å². The van der Waals surface area contributed by atoms with Crippen LogP contribution in [0.25, 0.3) is 0 Å². The molecule has 0 saturated heterocycles. The third-order valence-corrected chi connectivity index (χ3v) is 4.34. The van der Waals surface area contributed by atoms with Gasteiger partial charge in [-0.15, -0.1) is 0 Å². The highest BCUT2D eigenvalue weighted by atomic mass is 14.4. The van der Waals surface area contributed by atoms with Crippen LogP contribution in [0.3, 0.4) is 0 Å². The van der Waals surface area contributed by atoms with Crippen molar-refractivity contribution in [3.05, 3.63) is 23.3 Å². The van der Waals surface area contributed by atoms with E-state index < -0.39 is 0 Å². The van der Waals surface area contributed by atoms with Crippen molar-refractivity contribution >= 4 is 0 Å². The Morgan fingerprint density at radius 3 is 2.50 bits per heavy atom. The summed E-state index contributed by atoms with van der Waals surface area (Å²) in [5.41, 5.74) is 3.91. The Labute approximate surface area is 102 Å². The highest BCUT2D eigenvalue weighted by Crippen LogP contribution is 2.48. The molecule has 0 N–H and O–H groups in total. The summed E-state index contributed by atoms with van der Waals surface area (Å²) in [6.07, 6.45) is 11.5. The van der Waals surface area contributed by atoms with Crippen molar-refractivity contribution in [2.24, 2.45) is 11.3 Å². The Balaban J connectivity index is 0.000000606. The van der Waals surface area contributed by atoms with E-state index in [0.29, 0.717) is 5.41 Å². The molecule has 0 aromatic carbocycles. The SMILES string of the molecule is CC.CC(C)C1(C)CCCC2=C1C=CCC2. The van der Waals surface area contributed by atoms with Crippen LogP contribution in [0.1, 0.15) is 66.7 Å². The molecule has 0 fully saturated rings. The zero-order valence-corrected chi connectivity index (χ0v) is 11.8. The summed E-state index contributed by atoms with van der Waals surface area (Å²) < 4.78 is 0. The van der Waals surface area contributed by atoms with Gasteiger partial charge in [-0.25, -0.2) is 0 Å². The molecular weight excluding hydrogens is 192 g/mol. The highest BCUT2D eigenvalue weighted by Gasteiger charge is 2.35. The lowest BCUT2D eigenvalue weighted by Gasteiger charge is -2.41. The average molecular weight is 220 g/mol. The molecule has 0 spiro atoms. The summed E-state index contributed by atoms with van der Waals surface area (Å²) in [5, 5.41) is 0. The van der Waals surface area contributed by atoms with E-state index in [-0.39, 0.29) is 0 Å². The molecule has 0 saturated carbocycles. The van der Waals surface area contributed by atoms with E-state index in [9.17, 15) is 0 Å². The summed E-state index contributed by atoms with van der Waals surface area (Å²) in [5.74, 6) is 0.774. The standard InChI is InChI=1S/C14H22.C2H6/c1-11(2)14(3)10-6-8-12-7-4-5-9-13(12)14;1-2/h5,9,11H,4,6-8,10H2,1-3H3;1-2H3. The number of rotatable bonds is 1. The topological polar surface area (TPSA) is 0 Å². The van der Waals surface area contributed by atoms with Gasteiger partial charge in [0.1, 0.15) is 0 Å². The molecule has 0 nitrogen and oxygen atoms in total. The molecule has 2 aliphatic rings. The van der Waals surface area contributed by atoms with Crippen molar-refractivity contribution < 1.29 is 0 Å². The maximum atomic E-state index is 2.46. The van der Waals surface area contributed by atoms with E-state index in [1.807, 2.05) is 13.8 Å². The molecule has 1 unspecified atom stereocenters. The second-order valence-corrected chi connectivity index (χ2v) is 5.38. The van der Waals surface area contributed by atoms with Crippen molar-refractivity contribution in [1.82, 2.24) is 0 Å². The van der Waals surface area contributed by atoms with Crippen molar-refractivity contribution in [2.75, 3.05) is 0 Å². The molecular formula is C16H28. The van der Waals surface area contributed by atoms with E-state index in [2.05, 4.69) is 32.9 Å². The minimum absolute atomic E-state index is 0.463. The lowest BCUT2D eigenvalue weighted by atomic mass is 9.63. The number of hydrogen-bond acceptors (Lipinski definition) is 0. The van der Waals surface area contributed by atoms with Crippen molar-refractivity contribution in [3.8, 4) is 0 Å². The summed E-state index contributed by atoms with van der Waals surface area (Å²) in [6, 6.07) is 0. The van der Waals surface area contributed by atoms with Crippen LogP contribution in [0.15, 0.2) is 23.3 Å². The van der Waals surface area contributed by atoms with E-state index in [1.165, 1.54) is 32.1 Å². The first-order chi connectivity index (χ1) is 7.64. The molecule has 1 atom stereocenters. The van der Waals surface area contributed by atoms with E-state index in [1.54, 1.807) is 11.1 Å². The van der Waals surface area contributed by atoms with Crippen LogP contribution < -0.4 is 0 Å². The van der Waals surface area contributed by atoms with Crippen LogP contribution >= 0.6 is 0 Å². The molecule has 0 radical (unpaired) electrons. The summed E-state index contributed by atoms with van der Waals surface area (Å²) >= 11 is 0. The van der Waals surface area contributed by atoms with Crippen LogP contribution in [0, 0.1) is 11.3 Å². The lowest BCUT2D eigenvalue weighted by Crippen LogP contribution is -2.30. The molecule has 0 aromatic rings. The van der Waals surface area contributed by atoms with Gasteiger partial charge in [-0.1, -0.05) is 52.3 Å². The molecule has 0 heterocycles. The number of hydrogen-bond donors (Lipinski definition) is 0. The Morgan fingerprint density at radius 1 is 1.19 bits per heavy atom. The van der Waals surface area contributed by atoms with E-state index in [0.717, 1.165) is 5.92 Å². The van der Waals surface area contributed by atoms with Gasteiger partial charge >= 0.3 is 0 Å². The molecule has 2 rings (SSSR count). The highest BCUT2D eigenvalue weighted by molar-refractivity contribution is 5.37. The van der Waals surface area contributed by atoms with Crippen molar-refractivity contribution in [2.45, 2.75) is 66.7 Å². The third-order valence-electron chi connectivity index (χ3n) is 4.34. The average Bonchev–Trinajstić information content (AvgIpc) is 2.32. The molecule has 0 amide bonds. The van der Waals surface area contributed by atoms with Gasteiger partial charge in [0.25, 0.3) is 0 Å². The molecule has 0 bridgehead atoms. The maximum Gasteiger partial charge on any atom is -0.00527 e. The predicted molar refractivity (Wildman–Crippen MR) is 73.5 cm³/mol.